The van der Waals surface area contributed by atoms with Crippen LogP contribution in [0.2, 0.25) is 0 Å². The molecule has 1 fully saturated rings. The number of ether oxygens (including phenoxy) is 2. The van der Waals surface area contributed by atoms with Crippen LogP contribution >= 0.6 is 46.6 Å². The third-order valence-corrected chi connectivity index (χ3v) is 7.85. The van der Waals surface area contributed by atoms with Gasteiger partial charge in [-0.25, -0.2) is 0 Å². The second kappa shape index (κ2) is 14.0. The molecular weight excluding hydrogens is 595 g/mol. The van der Waals surface area contributed by atoms with Gasteiger partial charge in [0.25, 0.3) is 9.70 Å². The minimum Gasteiger partial charge on any atom is -0.392 e. The Balaban J connectivity index is 1.45. The van der Waals surface area contributed by atoms with E-state index in [1.807, 2.05) is 72.8 Å². The van der Waals surface area contributed by atoms with Crippen molar-refractivity contribution >= 4 is 64.1 Å². The van der Waals surface area contributed by atoms with Gasteiger partial charge in [0.15, 0.2) is 6.29 Å². The maximum absolute atomic E-state index is 11.8. The summed E-state index contributed by atoms with van der Waals surface area (Å²) < 4.78 is 10.8. The molecule has 0 unspecified atom stereocenters. The topological polar surface area (TPSA) is 96.9 Å². The number of rotatable bonds is 9. The van der Waals surface area contributed by atoms with Gasteiger partial charge in [0.05, 0.1) is 18.8 Å². The number of hydrogen-bond acceptors (Lipinski definition) is 6. The smallest absolute Gasteiger partial charge is 0.272 e. The normalized spacial score (nSPS) is 19.2. The van der Waals surface area contributed by atoms with Gasteiger partial charge in [0.1, 0.15) is 0 Å². The van der Waals surface area contributed by atoms with Crippen molar-refractivity contribution in [3.63, 3.8) is 0 Å². The van der Waals surface area contributed by atoms with E-state index in [1.165, 1.54) is 6.92 Å². The highest BCUT2D eigenvalue weighted by Crippen LogP contribution is 2.39. The summed E-state index contributed by atoms with van der Waals surface area (Å²) in [5.41, 5.74) is 4.25. The molecule has 1 heterocycles. The Labute approximate surface area is 252 Å². The number of benzene rings is 3. The first-order valence-electron chi connectivity index (χ1n) is 12.6. The molecule has 3 aromatic rings. The minimum absolute atomic E-state index is 0.0218. The standard InChI is InChI=1S/C29H29Cl3N2O5S/c1-18(36)34-23-10-12-25(13-11-23)40-17-24-14-26(21-6-4-20(16-35)5-7-21)39-27(38-24)22-8-2-19(3-9-22)15-33-28(37)29(30,31)32/h2-13,24,26-27,35H,14-17H2,1H3,(H,33,37)(H,34,36)/t24-,26+,27+/m0/s1. The fraction of sp³-hybridized carbons (Fsp3) is 0.310. The number of thioether (sulfide) groups is 1. The van der Waals surface area contributed by atoms with E-state index in [0.717, 1.165) is 32.8 Å². The zero-order valence-electron chi connectivity index (χ0n) is 21.6. The Hall–Kier alpha value is -2.30. The van der Waals surface area contributed by atoms with E-state index in [-0.39, 0.29) is 31.3 Å². The number of carbonyl (C=O) groups excluding carboxylic acids is 2. The maximum atomic E-state index is 11.8. The molecule has 0 saturated carbocycles. The lowest BCUT2D eigenvalue weighted by molar-refractivity contribution is -0.245. The fourth-order valence-corrected chi connectivity index (χ4v) is 5.25. The largest absolute Gasteiger partial charge is 0.392 e. The molecule has 1 aliphatic heterocycles. The average Bonchev–Trinajstić information content (AvgIpc) is 2.95. The van der Waals surface area contributed by atoms with Crippen molar-refractivity contribution in [1.82, 2.24) is 5.32 Å². The molecule has 0 aliphatic carbocycles. The maximum Gasteiger partial charge on any atom is 0.272 e. The van der Waals surface area contributed by atoms with E-state index in [2.05, 4.69) is 10.6 Å². The molecule has 4 rings (SSSR count). The summed E-state index contributed by atoms with van der Waals surface area (Å²) in [5.74, 6) is -0.104. The minimum atomic E-state index is -2.02. The number of anilines is 1. The van der Waals surface area contributed by atoms with Gasteiger partial charge in [-0.2, -0.15) is 0 Å². The van der Waals surface area contributed by atoms with E-state index >= 15 is 0 Å². The Morgan fingerprint density at radius 3 is 2.15 bits per heavy atom. The third-order valence-electron chi connectivity index (χ3n) is 6.19. The van der Waals surface area contributed by atoms with Crippen LogP contribution in [0.25, 0.3) is 0 Å². The van der Waals surface area contributed by atoms with Crippen molar-refractivity contribution < 1.29 is 24.2 Å². The number of halogens is 3. The molecule has 3 N–H and O–H groups in total. The van der Waals surface area contributed by atoms with Gasteiger partial charge in [-0.1, -0.05) is 83.3 Å². The number of aliphatic hydroxyl groups excluding tert-OH is 1. The molecule has 11 heteroatoms. The highest BCUT2D eigenvalue weighted by Gasteiger charge is 2.33. The summed E-state index contributed by atoms with van der Waals surface area (Å²) in [6.45, 7) is 1.67. The number of hydrogen-bond donors (Lipinski definition) is 3. The Morgan fingerprint density at radius 2 is 1.55 bits per heavy atom. The monoisotopic (exact) mass is 622 g/mol. The van der Waals surface area contributed by atoms with Gasteiger partial charge >= 0.3 is 0 Å². The molecule has 0 bridgehead atoms. The highest BCUT2D eigenvalue weighted by molar-refractivity contribution is 7.99. The lowest BCUT2D eigenvalue weighted by Crippen LogP contribution is -2.34. The zero-order chi connectivity index (χ0) is 28.7. The summed E-state index contributed by atoms with van der Waals surface area (Å²) in [7, 11) is 0. The van der Waals surface area contributed by atoms with Crippen LogP contribution in [0.3, 0.4) is 0 Å². The van der Waals surface area contributed by atoms with E-state index in [1.54, 1.807) is 11.8 Å². The number of aliphatic hydroxyl groups is 1. The average molecular weight is 624 g/mol. The van der Waals surface area contributed by atoms with Gasteiger partial charge in [-0.05, 0) is 41.0 Å². The lowest BCUT2D eigenvalue weighted by atomic mass is 10.0. The summed E-state index contributed by atoms with van der Waals surface area (Å²) in [6, 6.07) is 22.9. The van der Waals surface area contributed by atoms with Crippen molar-refractivity contribution in [2.24, 2.45) is 0 Å². The third kappa shape index (κ3) is 8.85. The van der Waals surface area contributed by atoms with Crippen LogP contribution in [-0.2, 0) is 32.2 Å². The molecule has 2 amide bonds. The number of carbonyl (C=O) groups is 2. The zero-order valence-corrected chi connectivity index (χ0v) is 24.7. The van der Waals surface area contributed by atoms with Crippen LogP contribution in [-0.4, -0.2) is 32.6 Å². The summed E-state index contributed by atoms with van der Waals surface area (Å²) in [4.78, 5) is 24.2. The van der Waals surface area contributed by atoms with Crippen molar-refractivity contribution in [3.05, 3.63) is 95.1 Å². The van der Waals surface area contributed by atoms with E-state index < -0.39 is 16.0 Å². The van der Waals surface area contributed by atoms with Gasteiger partial charge in [-0.15, -0.1) is 11.8 Å². The SMILES string of the molecule is CC(=O)Nc1ccc(SC[C@@H]2C[C@H](c3ccc(CO)cc3)O[C@H](c3ccc(CNC(=O)C(Cl)(Cl)Cl)cc3)O2)cc1. The van der Waals surface area contributed by atoms with E-state index in [4.69, 9.17) is 44.3 Å². The van der Waals surface area contributed by atoms with Crippen LogP contribution < -0.4 is 10.6 Å². The predicted octanol–water partition coefficient (Wildman–Crippen LogP) is 6.46. The highest BCUT2D eigenvalue weighted by atomic mass is 35.6. The summed E-state index contributed by atoms with van der Waals surface area (Å²) in [5, 5.41) is 14.8. The van der Waals surface area contributed by atoms with Gasteiger partial charge in [0.2, 0.25) is 5.91 Å². The Bertz CT molecular complexity index is 1290. The van der Waals surface area contributed by atoms with Gasteiger partial charge in [-0.3, -0.25) is 9.59 Å². The first-order chi connectivity index (χ1) is 19.1. The van der Waals surface area contributed by atoms with Crippen LogP contribution in [0.1, 0.15) is 48.0 Å². The first-order valence-corrected chi connectivity index (χ1v) is 14.7. The number of alkyl halides is 3. The van der Waals surface area contributed by atoms with E-state index in [9.17, 15) is 14.7 Å². The molecule has 0 radical (unpaired) electrons. The van der Waals surface area contributed by atoms with Crippen molar-refractivity contribution in [3.8, 4) is 0 Å². The molecular formula is C29H29Cl3N2O5S. The van der Waals surface area contributed by atoms with E-state index in [0.29, 0.717) is 12.2 Å². The second-order valence-electron chi connectivity index (χ2n) is 9.29. The Kier molecular flexibility index (Phi) is 10.8. The molecule has 40 heavy (non-hydrogen) atoms. The molecule has 0 aromatic heterocycles. The molecule has 3 aromatic carbocycles. The van der Waals surface area contributed by atoms with Crippen molar-refractivity contribution in [2.45, 2.75) is 53.7 Å². The number of amides is 2. The molecule has 1 aliphatic rings. The molecule has 0 spiro atoms. The van der Waals surface area contributed by atoms with Crippen molar-refractivity contribution in [1.29, 1.82) is 0 Å². The quantitative estimate of drug-likeness (QED) is 0.187. The number of nitrogens with one attached hydrogen (secondary N) is 2. The predicted molar refractivity (Wildman–Crippen MR) is 158 cm³/mol. The first kappa shape index (κ1) is 30.7. The summed E-state index contributed by atoms with van der Waals surface area (Å²) >= 11 is 18.5. The van der Waals surface area contributed by atoms with Crippen LogP contribution in [0.5, 0.6) is 0 Å². The summed E-state index contributed by atoms with van der Waals surface area (Å²) in [6.07, 6.45) is -0.256. The fourth-order valence-electron chi connectivity index (χ4n) is 4.12. The van der Waals surface area contributed by atoms with Crippen LogP contribution in [0, 0.1) is 0 Å². The Morgan fingerprint density at radius 1 is 0.925 bits per heavy atom. The molecule has 1 saturated heterocycles. The van der Waals surface area contributed by atoms with Gasteiger partial charge in [0, 0.05) is 41.8 Å². The lowest BCUT2D eigenvalue weighted by Gasteiger charge is -2.36. The molecule has 3 atom stereocenters. The molecule has 7 nitrogen and oxygen atoms in total. The van der Waals surface area contributed by atoms with Gasteiger partial charge < -0.3 is 25.2 Å². The van der Waals surface area contributed by atoms with Crippen LogP contribution in [0.4, 0.5) is 5.69 Å². The van der Waals surface area contributed by atoms with Crippen LogP contribution in [0.15, 0.2) is 77.7 Å². The molecule has 212 valence electrons. The second-order valence-corrected chi connectivity index (χ2v) is 12.7. The van der Waals surface area contributed by atoms with Crippen molar-refractivity contribution in [2.75, 3.05) is 11.1 Å².